The molecule has 4 nitrogen and oxygen atoms in total. The number of halogens is 1. The second-order valence-corrected chi connectivity index (χ2v) is 6.23. The van der Waals surface area contributed by atoms with Gasteiger partial charge in [-0.05, 0) is 50.1 Å². The van der Waals surface area contributed by atoms with Crippen molar-refractivity contribution in [2.24, 2.45) is 5.92 Å². The lowest BCUT2D eigenvalue weighted by molar-refractivity contribution is 0.127. The fourth-order valence-corrected chi connectivity index (χ4v) is 2.96. The summed E-state index contributed by atoms with van der Waals surface area (Å²) in [6.07, 6.45) is 4.82. The number of nitrogens with zero attached hydrogens (tertiary/aromatic N) is 3. The quantitative estimate of drug-likeness (QED) is 0.944. The first-order valence-electron chi connectivity index (χ1n) is 7.32. The van der Waals surface area contributed by atoms with Gasteiger partial charge in [-0.2, -0.15) is 5.10 Å². The maximum Gasteiger partial charge on any atom is 0.0646 e. The Hall–Kier alpha value is -1.36. The first-order chi connectivity index (χ1) is 10.1. The minimum Gasteiger partial charge on any atom is -0.393 e. The van der Waals surface area contributed by atoms with Crippen LogP contribution in [-0.4, -0.2) is 39.0 Å². The van der Waals surface area contributed by atoms with Crippen LogP contribution in [0.1, 0.15) is 18.9 Å². The third-order valence-corrected chi connectivity index (χ3v) is 4.38. The van der Waals surface area contributed by atoms with E-state index >= 15 is 0 Å². The molecule has 1 aliphatic rings. The Balaban J connectivity index is 1.64. The van der Waals surface area contributed by atoms with Crippen LogP contribution < -0.4 is 0 Å². The predicted molar refractivity (Wildman–Crippen MR) is 83.6 cm³/mol. The van der Waals surface area contributed by atoms with Gasteiger partial charge in [-0.15, -0.1) is 0 Å². The van der Waals surface area contributed by atoms with Crippen molar-refractivity contribution in [1.29, 1.82) is 0 Å². The van der Waals surface area contributed by atoms with Crippen molar-refractivity contribution in [2.45, 2.75) is 26.0 Å². The molecule has 2 heterocycles. The summed E-state index contributed by atoms with van der Waals surface area (Å²) in [4.78, 5) is 2.38. The van der Waals surface area contributed by atoms with Gasteiger partial charge >= 0.3 is 0 Å². The van der Waals surface area contributed by atoms with Crippen LogP contribution in [-0.2, 0) is 6.54 Å². The van der Waals surface area contributed by atoms with E-state index in [-0.39, 0.29) is 6.10 Å². The number of rotatable bonds is 4. The number of hydrogen-bond acceptors (Lipinski definition) is 3. The molecular formula is C16H20ClN3O. The Morgan fingerprint density at radius 1 is 1.38 bits per heavy atom. The first-order valence-corrected chi connectivity index (χ1v) is 7.69. The van der Waals surface area contributed by atoms with Gasteiger partial charge in [0.2, 0.25) is 0 Å². The van der Waals surface area contributed by atoms with Gasteiger partial charge in [0.25, 0.3) is 0 Å². The number of aliphatic hydroxyl groups is 1. The van der Waals surface area contributed by atoms with Crippen molar-refractivity contribution < 1.29 is 5.11 Å². The molecule has 1 aromatic heterocycles. The highest BCUT2D eigenvalue weighted by molar-refractivity contribution is 6.30. The molecule has 0 spiro atoms. The van der Waals surface area contributed by atoms with Gasteiger partial charge < -0.3 is 5.11 Å². The fourth-order valence-electron chi connectivity index (χ4n) is 2.83. The highest BCUT2D eigenvalue weighted by Crippen LogP contribution is 2.21. The largest absolute Gasteiger partial charge is 0.393 e. The lowest BCUT2D eigenvalue weighted by Gasteiger charge is -2.16. The second kappa shape index (κ2) is 6.18. The van der Waals surface area contributed by atoms with Crippen LogP contribution in [0.3, 0.4) is 0 Å². The van der Waals surface area contributed by atoms with Crippen molar-refractivity contribution in [3.05, 3.63) is 47.2 Å². The van der Waals surface area contributed by atoms with Crippen LogP contribution in [0.5, 0.6) is 0 Å². The predicted octanol–water partition coefficient (Wildman–Crippen LogP) is 2.73. The molecule has 0 bridgehead atoms. The van der Waals surface area contributed by atoms with Crippen LogP contribution >= 0.6 is 11.6 Å². The average Bonchev–Trinajstić information content (AvgIpc) is 3.10. The number of benzene rings is 1. The summed E-state index contributed by atoms with van der Waals surface area (Å²) in [6.45, 7) is 4.77. The molecule has 0 aliphatic carbocycles. The van der Waals surface area contributed by atoms with E-state index < -0.39 is 0 Å². The zero-order valence-electron chi connectivity index (χ0n) is 12.1. The van der Waals surface area contributed by atoms with Gasteiger partial charge in [0.05, 0.1) is 18.0 Å². The zero-order valence-corrected chi connectivity index (χ0v) is 12.9. The van der Waals surface area contributed by atoms with E-state index in [2.05, 4.69) is 16.2 Å². The number of hydrogen-bond donors (Lipinski definition) is 1. The van der Waals surface area contributed by atoms with Crippen LogP contribution in [0, 0.1) is 5.92 Å². The SMILES string of the molecule is CC(O)C1CCN(Cc2cnn(-c3ccc(Cl)cc3)c2)C1. The molecular weight excluding hydrogens is 286 g/mol. The van der Waals surface area contributed by atoms with E-state index in [1.54, 1.807) is 0 Å². The summed E-state index contributed by atoms with van der Waals surface area (Å²) in [5.74, 6) is 0.399. The molecule has 21 heavy (non-hydrogen) atoms. The Kier molecular flexibility index (Phi) is 4.29. The highest BCUT2D eigenvalue weighted by atomic mass is 35.5. The number of aromatic nitrogens is 2. The van der Waals surface area contributed by atoms with Crippen LogP contribution in [0.25, 0.3) is 5.69 Å². The Morgan fingerprint density at radius 3 is 2.81 bits per heavy atom. The van der Waals surface area contributed by atoms with E-state index in [1.165, 1.54) is 5.56 Å². The fraction of sp³-hybridized carbons (Fsp3) is 0.438. The van der Waals surface area contributed by atoms with Gasteiger partial charge in [-0.25, -0.2) is 4.68 Å². The van der Waals surface area contributed by atoms with Gasteiger partial charge in [-0.1, -0.05) is 11.6 Å². The summed E-state index contributed by atoms with van der Waals surface area (Å²) in [7, 11) is 0. The lowest BCUT2D eigenvalue weighted by atomic mass is 10.0. The maximum absolute atomic E-state index is 9.66. The maximum atomic E-state index is 9.66. The third kappa shape index (κ3) is 3.46. The molecule has 2 unspecified atom stereocenters. The summed E-state index contributed by atoms with van der Waals surface area (Å²) in [6, 6.07) is 7.65. The Labute approximate surface area is 130 Å². The standard InChI is InChI=1S/C16H20ClN3O/c1-12(21)14-6-7-19(11-14)9-13-8-18-20(10-13)16-4-2-15(17)3-5-16/h2-5,8,10,12,14,21H,6-7,9,11H2,1H3. The molecule has 1 aromatic carbocycles. The molecule has 1 fully saturated rings. The minimum atomic E-state index is -0.216. The molecule has 1 aliphatic heterocycles. The van der Waals surface area contributed by atoms with E-state index in [4.69, 9.17) is 11.6 Å². The van der Waals surface area contributed by atoms with Crippen molar-refractivity contribution in [3.63, 3.8) is 0 Å². The van der Waals surface area contributed by atoms with E-state index in [9.17, 15) is 5.11 Å². The molecule has 2 atom stereocenters. The summed E-state index contributed by atoms with van der Waals surface area (Å²) in [5.41, 5.74) is 2.20. The van der Waals surface area contributed by atoms with Crippen molar-refractivity contribution >= 4 is 11.6 Å². The van der Waals surface area contributed by atoms with Crippen molar-refractivity contribution in [2.75, 3.05) is 13.1 Å². The van der Waals surface area contributed by atoms with E-state index in [0.29, 0.717) is 5.92 Å². The lowest BCUT2D eigenvalue weighted by Crippen LogP contribution is -2.23. The van der Waals surface area contributed by atoms with Gasteiger partial charge in [0.1, 0.15) is 0 Å². The highest BCUT2D eigenvalue weighted by Gasteiger charge is 2.25. The molecule has 112 valence electrons. The van der Waals surface area contributed by atoms with E-state index in [0.717, 1.165) is 36.8 Å². The molecule has 0 saturated carbocycles. The molecule has 3 rings (SSSR count). The monoisotopic (exact) mass is 305 g/mol. The van der Waals surface area contributed by atoms with Crippen molar-refractivity contribution in [3.8, 4) is 5.69 Å². The van der Waals surface area contributed by atoms with Crippen LogP contribution in [0.4, 0.5) is 0 Å². The summed E-state index contributed by atoms with van der Waals surface area (Å²) < 4.78 is 1.87. The summed E-state index contributed by atoms with van der Waals surface area (Å²) >= 11 is 5.90. The molecule has 5 heteroatoms. The van der Waals surface area contributed by atoms with Gasteiger partial charge in [0, 0.05) is 29.9 Å². The summed E-state index contributed by atoms with van der Waals surface area (Å²) in [5, 5.41) is 14.8. The smallest absolute Gasteiger partial charge is 0.0646 e. The second-order valence-electron chi connectivity index (χ2n) is 5.79. The topological polar surface area (TPSA) is 41.3 Å². The third-order valence-electron chi connectivity index (χ3n) is 4.12. The first kappa shape index (κ1) is 14.6. The molecule has 0 radical (unpaired) electrons. The Bertz CT molecular complexity index is 594. The number of likely N-dealkylation sites (tertiary alicyclic amines) is 1. The normalized spacial score (nSPS) is 20.8. The van der Waals surface area contributed by atoms with E-state index in [1.807, 2.05) is 42.1 Å². The molecule has 1 N–H and O–H groups in total. The molecule has 0 amide bonds. The van der Waals surface area contributed by atoms with Crippen LogP contribution in [0.15, 0.2) is 36.7 Å². The average molecular weight is 306 g/mol. The molecule has 1 saturated heterocycles. The minimum absolute atomic E-state index is 0.216. The van der Waals surface area contributed by atoms with Gasteiger partial charge in [-0.3, -0.25) is 4.90 Å². The van der Waals surface area contributed by atoms with Gasteiger partial charge in [0.15, 0.2) is 0 Å². The zero-order chi connectivity index (χ0) is 14.8. The Morgan fingerprint density at radius 2 is 2.14 bits per heavy atom. The van der Waals surface area contributed by atoms with Crippen LogP contribution in [0.2, 0.25) is 5.02 Å². The van der Waals surface area contributed by atoms with Crippen molar-refractivity contribution in [1.82, 2.24) is 14.7 Å². The number of aliphatic hydroxyl groups excluding tert-OH is 1. The molecule has 2 aromatic rings.